The van der Waals surface area contributed by atoms with Gasteiger partial charge in [0.1, 0.15) is 0 Å². The minimum atomic E-state index is 0.261. The Labute approximate surface area is 302 Å². The summed E-state index contributed by atoms with van der Waals surface area (Å²) in [6.45, 7) is 0. The molecule has 4 unspecified atom stereocenters. The molecular weight excluding hydrogens is 615 g/mol. The van der Waals surface area contributed by atoms with Gasteiger partial charge in [0.2, 0.25) is 0 Å². The van der Waals surface area contributed by atoms with E-state index in [1.165, 1.54) is 61.2 Å². The van der Waals surface area contributed by atoms with Crippen LogP contribution in [0.5, 0.6) is 0 Å². The summed E-state index contributed by atoms with van der Waals surface area (Å²) in [6.07, 6.45) is 32.3. The zero-order chi connectivity index (χ0) is 34.0. The van der Waals surface area contributed by atoms with Crippen LogP contribution in [-0.4, -0.2) is 0 Å². The van der Waals surface area contributed by atoms with E-state index in [0.717, 1.165) is 12.8 Å². The van der Waals surface area contributed by atoms with Crippen molar-refractivity contribution in [3.63, 3.8) is 0 Å². The second-order valence-electron chi connectivity index (χ2n) is 13.9. The van der Waals surface area contributed by atoms with E-state index >= 15 is 0 Å². The van der Waals surface area contributed by atoms with Crippen molar-refractivity contribution in [2.45, 2.75) is 24.7 Å². The number of allylic oxidation sites excluding steroid dienone is 13. The van der Waals surface area contributed by atoms with Gasteiger partial charge in [-0.2, -0.15) is 0 Å². The summed E-state index contributed by atoms with van der Waals surface area (Å²) in [5.74, 6) is 1.20. The SMILES string of the molecule is C1=CC(/C=C/c2ccccc2N(C2=C(C3=Cc4ccccc4C4C=CC=CC34)CCC=C2)c2cccc3ccccc23)C(c2ccccc2)C=C1. The van der Waals surface area contributed by atoms with Crippen LogP contribution in [0.3, 0.4) is 0 Å². The minimum absolute atomic E-state index is 0.261. The Balaban J connectivity index is 1.23. The molecule has 4 aliphatic rings. The molecule has 0 bridgehead atoms. The van der Waals surface area contributed by atoms with Gasteiger partial charge in [0.05, 0.1) is 11.4 Å². The van der Waals surface area contributed by atoms with E-state index in [9.17, 15) is 0 Å². The first-order valence-electron chi connectivity index (χ1n) is 18.3. The van der Waals surface area contributed by atoms with Crippen molar-refractivity contribution in [3.05, 3.63) is 227 Å². The normalized spacial score (nSPS) is 21.9. The molecule has 1 heteroatoms. The highest BCUT2D eigenvalue weighted by molar-refractivity contribution is 5.98. The average molecular weight is 656 g/mol. The lowest BCUT2D eigenvalue weighted by molar-refractivity contribution is 0.651. The smallest absolute Gasteiger partial charge is 0.0540 e. The molecule has 0 fully saturated rings. The van der Waals surface area contributed by atoms with Crippen LogP contribution in [0, 0.1) is 11.8 Å². The monoisotopic (exact) mass is 655 g/mol. The van der Waals surface area contributed by atoms with Gasteiger partial charge in [0.15, 0.2) is 0 Å². The summed E-state index contributed by atoms with van der Waals surface area (Å²) in [6, 6.07) is 44.3. The molecule has 4 atom stereocenters. The number of rotatable bonds is 7. The molecule has 5 aromatic carbocycles. The summed E-state index contributed by atoms with van der Waals surface area (Å²) in [7, 11) is 0. The number of hydrogen-bond donors (Lipinski definition) is 0. The lowest BCUT2D eigenvalue weighted by atomic mass is 9.70. The van der Waals surface area contributed by atoms with Crippen LogP contribution < -0.4 is 4.90 Å². The van der Waals surface area contributed by atoms with E-state index in [-0.39, 0.29) is 5.92 Å². The Morgan fingerprint density at radius 2 is 1.29 bits per heavy atom. The Kier molecular flexibility index (Phi) is 8.39. The van der Waals surface area contributed by atoms with Crippen LogP contribution in [0.25, 0.3) is 22.9 Å². The number of para-hydroxylation sites is 1. The highest BCUT2D eigenvalue weighted by Crippen LogP contribution is 2.49. The zero-order valence-electron chi connectivity index (χ0n) is 28.7. The van der Waals surface area contributed by atoms with Gasteiger partial charge in [0, 0.05) is 34.8 Å². The number of anilines is 2. The molecule has 0 amide bonds. The van der Waals surface area contributed by atoms with E-state index in [0.29, 0.717) is 17.8 Å². The Bertz CT molecular complexity index is 2330. The maximum absolute atomic E-state index is 2.55. The Hall–Kier alpha value is -5.92. The van der Waals surface area contributed by atoms with Crippen LogP contribution in [0.15, 0.2) is 205 Å². The van der Waals surface area contributed by atoms with Gasteiger partial charge >= 0.3 is 0 Å². The minimum Gasteiger partial charge on any atom is -0.309 e. The second-order valence-corrected chi connectivity index (χ2v) is 13.9. The van der Waals surface area contributed by atoms with E-state index in [1.807, 2.05) is 0 Å². The molecule has 1 nitrogen and oxygen atoms in total. The van der Waals surface area contributed by atoms with Crippen LogP contribution in [0.1, 0.15) is 46.9 Å². The van der Waals surface area contributed by atoms with E-state index < -0.39 is 0 Å². The first-order valence-corrected chi connectivity index (χ1v) is 18.3. The fourth-order valence-corrected chi connectivity index (χ4v) is 8.51. The molecule has 5 aromatic rings. The third-order valence-corrected chi connectivity index (χ3v) is 10.9. The Morgan fingerprint density at radius 1 is 0.588 bits per heavy atom. The van der Waals surface area contributed by atoms with Crippen molar-refractivity contribution in [1.29, 1.82) is 0 Å². The fraction of sp³-hybridized carbons (Fsp3) is 0.120. The van der Waals surface area contributed by atoms with Crippen LogP contribution in [-0.2, 0) is 0 Å². The highest BCUT2D eigenvalue weighted by atomic mass is 15.2. The third-order valence-electron chi connectivity index (χ3n) is 10.9. The molecule has 0 aromatic heterocycles. The Morgan fingerprint density at radius 3 is 2.22 bits per heavy atom. The van der Waals surface area contributed by atoms with Crippen LogP contribution >= 0.6 is 0 Å². The molecule has 0 saturated carbocycles. The summed E-state index contributed by atoms with van der Waals surface area (Å²) < 4.78 is 0. The molecule has 0 radical (unpaired) electrons. The van der Waals surface area contributed by atoms with Crippen molar-refractivity contribution >= 4 is 34.3 Å². The molecule has 0 saturated heterocycles. The van der Waals surface area contributed by atoms with Crippen molar-refractivity contribution in [3.8, 4) is 0 Å². The number of fused-ring (bicyclic) bond motifs is 4. The molecule has 4 aliphatic carbocycles. The topological polar surface area (TPSA) is 3.24 Å². The van der Waals surface area contributed by atoms with E-state index in [4.69, 9.17) is 0 Å². The molecular formula is C50H41N. The van der Waals surface area contributed by atoms with Crippen LogP contribution in [0.2, 0.25) is 0 Å². The van der Waals surface area contributed by atoms with Gasteiger partial charge in [-0.05, 0) is 69.8 Å². The van der Waals surface area contributed by atoms with E-state index in [1.54, 1.807) is 0 Å². The lowest BCUT2D eigenvalue weighted by Crippen LogP contribution is -2.24. The summed E-state index contributed by atoms with van der Waals surface area (Å²) in [5, 5.41) is 2.49. The van der Waals surface area contributed by atoms with Gasteiger partial charge in [-0.3, -0.25) is 0 Å². The van der Waals surface area contributed by atoms with Crippen molar-refractivity contribution in [2.24, 2.45) is 11.8 Å². The average Bonchev–Trinajstić information content (AvgIpc) is 3.21. The molecule has 0 N–H and O–H groups in total. The predicted molar refractivity (Wildman–Crippen MR) is 217 cm³/mol. The first-order chi connectivity index (χ1) is 25.3. The molecule has 0 spiro atoms. The molecule has 0 aliphatic heterocycles. The number of benzene rings is 5. The van der Waals surface area contributed by atoms with Gasteiger partial charge < -0.3 is 4.90 Å². The first kappa shape index (κ1) is 31.1. The third kappa shape index (κ3) is 5.89. The van der Waals surface area contributed by atoms with E-state index in [2.05, 4.69) is 205 Å². The summed E-state index contributed by atoms with van der Waals surface area (Å²) in [5.41, 5.74) is 11.8. The van der Waals surface area contributed by atoms with Gasteiger partial charge in [-0.1, -0.05) is 182 Å². The zero-order valence-corrected chi connectivity index (χ0v) is 28.7. The second kappa shape index (κ2) is 13.8. The van der Waals surface area contributed by atoms with Crippen LogP contribution in [0.4, 0.5) is 11.4 Å². The van der Waals surface area contributed by atoms with Crippen molar-refractivity contribution in [2.75, 3.05) is 4.90 Å². The summed E-state index contributed by atoms with van der Waals surface area (Å²) >= 11 is 0. The predicted octanol–water partition coefficient (Wildman–Crippen LogP) is 13.0. The highest BCUT2D eigenvalue weighted by Gasteiger charge is 2.33. The van der Waals surface area contributed by atoms with Gasteiger partial charge in [-0.15, -0.1) is 0 Å². The largest absolute Gasteiger partial charge is 0.309 e. The molecule has 0 heterocycles. The molecule has 51 heavy (non-hydrogen) atoms. The van der Waals surface area contributed by atoms with Gasteiger partial charge in [0.25, 0.3) is 0 Å². The maximum Gasteiger partial charge on any atom is 0.0540 e. The van der Waals surface area contributed by atoms with Crippen molar-refractivity contribution in [1.82, 2.24) is 0 Å². The number of nitrogens with zero attached hydrogens (tertiary/aromatic N) is 1. The molecule has 246 valence electrons. The maximum atomic E-state index is 2.55. The quantitative estimate of drug-likeness (QED) is 0.169. The van der Waals surface area contributed by atoms with Crippen molar-refractivity contribution < 1.29 is 0 Å². The fourth-order valence-electron chi connectivity index (χ4n) is 8.51. The molecule has 9 rings (SSSR count). The van der Waals surface area contributed by atoms with Gasteiger partial charge in [-0.25, -0.2) is 0 Å². The standard InChI is InChI=1S/C50H41N/c1-2-17-36(18-3-1)41-24-8-4-20-38(41)33-34-39-21-7-14-30-48(39)51(49-32-16-23-37-19-5-10-26-43(37)49)50-31-15-13-29-46(50)47-35-40-22-6-9-25-42(40)44-27-11-12-28-45(44)47/h1-12,14-28,30-35,38,41,44-45H,13,29H2/b34-33+. The number of hydrogen-bond acceptors (Lipinski definition) is 1. The summed E-state index contributed by atoms with van der Waals surface area (Å²) in [4.78, 5) is 2.55. The lowest BCUT2D eigenvalue weighted by Gasteiger charge is -2.37.